The van der Waals surface area contributed by atoms with E-state index in [-0.39, 0.29) is 0 Å². The zero-order valence-corrected chi connectivity index (χ0v) is 12.1. The average molecular weight is 271 g/mol. The zero-order valence-electron chi connectivity index (χ0n) is 12.1. The second kappa shape index (κ2) is 4.72. The van der Waals surface area contributed by atoms with Gasteiger partial charge in [0.15, 0.2) is 17.3 Å². The standard InChI is InChI=1S/C15H21N5/c1-11-16-17-14-12-7-3-4-8-13(12)15(18-20(11)14)19-9-5-2-6-10-19/h2-10H2,1H3. The fourth-order valence-electron chi connectivity index (χ4n) is 3.58. The molecular formula is C15H21N5. The molecule has 0 atom stereocenters. The minimum absolute atomic E-state index is 0.895. The van der Waals surface area contributed by atoms with Gasteiger partial charge in [-0.05, 0) is 51.9 Å². The van der Waals surface area contributed by atoms with E-state index in [2.05, 4.69) is 15.1 Å². The number of rotatable bonds is 1. The molecule has 0 unspecified atom stereocenters. The highest BCUT2D eigenvalue weighted by molar-refractivity contribution is 5.61. The van der Waals surface area contributed by atoms with E-state index in [1.165, 1.54) is 49.0 Å². The monoisotopic (exact) mass is 271 g/mol. The van der Waals surface area contributed by atoms with Crippen LogP contribution in [0.5, 0.6) is 0 Å². The number of nitrogens with zero attached hydrogens (tertiary/aromatic N) is 5. The second-order valence-corrected chi connectivity index (χ2v) is 6.02. The predicted molar refractivity (Wildman–Crippen MR) is 78.2 cm³/mol. The molecule has 2 aliphatic rings. The molecule has 5 heteroatoms. The van der Waals surface area contributed by atoms with Gasteiger partial charge in [-0.2, -0.15) is 4.52 Å². The molecule has 5 nitrogen and oxygen atoms in total. The van der Waals surface area contributed by atoms with Crippen LogP contribution >= 0.6 is 0 Å². The molecule has 0 radical (unpaired) electrons. The summed E-state index contributed by atoms with van der Waals surface area (Å²) in [6.45, 7) is 4.28. The van der Waals surface area contributed by atoms with Gasteiger partial charge in [0.25, 0.3) is 0 Å². The van der Waals surface area contributed by atoms with Gasteiger partial charge in [-0.3, -0.25) is 0 Å². The highest BCUT2D eigenvalue weighted by atomic mass is 15.4. The van der Waals surface area contributed by atoms with Crippen molar-refractivity contribution in [2.24, 2.45) is 0 Å². The van der Waals surface area contributed by atoms with E-state index in [0.29, 0.717) is 0 Å². The van der Waals surface area contributed by atoms with Crippen LogP contribution in [-0.2, 0) is 12.8 Å². The Morgan fingerprint density at radius 3 is 2.40 bits per heavy atom. The fourth-order valence-corrected chi connectivity index (χ4v) is 3.58. The third-order valence-corrected chi connectivity index (χ3v) is 4.65. The van der Waals surface area contributed by atoms with Crippen LogP contribution in [0.1, 0.15) is 49.1 Å². The lowest BCUT2D eigenvalue weighted by atomic mass is 9.92. The summed E-state index contributed by atoms with van der Waals surface area (Å²) in [5, 5.41) is 13.5. The molecule has 0 spiro atoms. The van der Waals surface area contributed by atoms with Crippen LogP contribution in [0.15, 0.2) is 0 Å². The second-order valence-electron chi connectivity index (χ2n) is 6.02. The number of aryl methyl sites for hydroxylation is 2. The van der Waals surface area contributed by atoms with E-state index in [0.717, 1.165) is 37.4 Å². The Morgan fingerprint density at radius 1 is 0.850 bits per heavy atom. The van der Waals surface area contributed by atoms with Crippen LogP contribution in [-0.4, -0.2) is 32.9 Å². The van der Waals surface area contributed by atoms with E-state index in [4.69, 9.17) is 5.10 Å². The van der Waals surface area contributed by atoms with Crippen molar-refractivity contribution in [3.05, 3.63) is 17.0 Å². The van der Waals surface area contributed by atoms with Gasteiger partial charge in [-0.25, -0.2) is 0 Å². The fraction of sp³-hybridized carbons (Fsp3) is 0.667. The lowest BCUT2D eigenvalue weighted by Gasteiger charge is -2.31. The molecule has 2 aromatic heterocycles. The van der Waals surface area contributed by atoms with Crippen LogP contribution in [0.25, 0.3) is 5.65 Å². The molecule has 1 saturated heterocycles. The zero-order chi connectivity index (χ0) is 13.5. The van der Waals surface area contributed by atoms with E-state index in [1.807, 2.05) is 11.4 Å². The first-order chi connectivity index (χ1) is 9.84. The van der Waals surface area contributed by atoms with Crippen LogP contribution in [0, 0.1) is 6.92 Å². The average Bonchev–Trinajstić information content (AvgIpc) is 2.89. The van der Waals surface area contributed by atoms with E-state index < -0.39 is 0 Å². The molecule has 1 aliphatic carbocycles. The number of hydrogen-bond acceptors (Lipinski definition) is 4. The quantitative estimate of drug-likeness (QED) is 0.798. The first-order valence-electron chi connectivity index (χ1n) is 7.83. The number of hydrogen-bond donors (Lipinski definition) is 0. The molecule has 0 amide bonds. The Hall–Kier alpha value is -1.65. The maximum Gasteiger partial charge on any atom is 0.181 e. The molecule has 2 aromatic rings. The van der Waals surface area contributed by atoms with E-state index >= 15 is 0 Å². The first-order valence-corrected chi connectivity index (χ1v) is 7.83. The largest absolute Gasteiger partial charge is 0.355 e. The van der Waals surface area contributed by atoms with Gasteiger partial charge in [0.05, 0.1) is 0 Å². The van der Waals surface area contributed by atoms with E-state index in [1.54, 1.807) is 0 Å². The van der Waals surface area contributed by atoms with Gasteiger partial charge < -0.3 is 4.90 Å². The Balaban J connectivity index is 1.91. The van der Waals surface area contributed by atoms with Gasteiger partial charge >= 0.3 is 0 Å². The molecule has 1 aliphatic heterocycles. The minimum Gasteiger partial charge on any atom is -0.355 e. The Bertz CT molecular complexity index is 639. The molecule has 0 aromatic carbocycles. The third-order valence-electron chi connectivity index (χ3n) is 4.65. The Kier molecular flexibility index (Phi) is 2.86. The predicted octanol–water partition coefficient (Wildman–Crippen LogP) is 2.30. The van der Waals surface area contributed by atoms with Gasteiger partial charge in [0, 0.05) is 24.2 Å². The topological polar surface area (TPSA) is 46.3 Å². The van der Waals surface area contributed by atoms with Crippen molar-refractivity contribution in [3.63, 3.8) is 0 Å². The van der Waals surface area contributed by atoms with Crippen LogP contribution < -0.4 is 4.90 Å². The highest BCUT2D eigenvalue weighted by Gasteiger charge is 2.24. The Morgan fingerprint density at radius 2 is 1.60 bits per heavy atom. The van der Waals surface area contributed by atoms with Gasteiger partial charge in [0.1, 0.15) is 0 Å². The van der Waals surface area contributed by atoms with E-state index in [9.17, 15) is 0 Å². The highest BCUT2D eigenvalue weighted by Crippen LogP contribution is 2.32. The third kappa shape index (κ3) is 1.79. The Labute approximate surface area is 119 Å². The molecule has 106 valence electrons. The lowest BCUT2D eigenvalue weighted by Crippen LogP contribution is -2.32. The van der Waals surface area contributed by atoms with Crippen molar-refractivity contribution in [2.45, 2.75) is 51.9 Å². The van der Waals surface area contributed by atoms with Gasteiger partial charge in [0.2, 0.25) is 0 Å². The summed E-state index contributed by atoms with van der Waals surface area (Å²) < 4.78 is 1.95. The molecule has 3 heterocycles. The first kappa shape index (κ1) is 12.1. The van der Waals surface area contributed by atoms with Gasteiger partial charge in [-0.1, -0.05) is 0 Å². The normalized spacial score (nSPS) is 19.4. The summed E-state index contributed by atoms with van der Waals surface area (Å²) in [5.74, 6) is 2.10. The van der Waals surface area contributed by atoms with Crippen molar-refractivity contribution in [1.29, 1.82) is 0 Å². The number of anilines is 1. The molecular weight excluding hydrogens is 250 g/mol. The number of fused-ring (bicyclic) bond motifs is 3. The van der Waals surface area contributed by atoms with Crippen LogP contribution in [0.4, 0.5) is 5.82 Å². The minimum atomic E-state index is 0.895. The summed E-state index contributed by atoms with van der Waals surface area (Å²) in [5.41, 5.74) is 3.82. The van der Waals surface area contributed by atoms with Crippen LogP contribution in [0.3, 0.4) is 0 Å². The number of aromatic nitrogens is 4. The van der Waals surface area contributed by atoms with Gasteiger partial charge in [-0.15, -0.1) is 15.3 Å². The SMILES string of the molecule is Cc1nnc2c3c(c(N4CCCCC4)nn12)CCCC3. The van der Waals surface area contributed by atoms with Crippen molar-refractivity contribution in [2.75, 3.05) is 18.0 Å². The van der Waals surface area contributed by atoms with Crippen LogP contribution in [0.2, 0.25) is 0 Å². The summed E-state index contributed by atoms with van der Waals surface area (Å²) in [6.07, 6.45) is 8.74. The van der Waals surface area contributed by atoms with Crippen molar-refractivity contribution in [1.82, 2.24) is 19.8 Å². The maximum absolute atomic E-state index is 4.89. The molecule has 20 heavy (non-hydrogen) atoms. The molecule has 0 bridgehead atoms. The summed E-state index contributed by atoms with van der Waals surface area (Å²) in [7, 11) is 0. The maximum atomic E-state index is 4.89. The summed E-state index contributed by atoms with van der Waals surface area (Å²) in [6, 6.07) is 0. The van der Waals surface area contributed by atoms with Crippen molar-refractivity contribution < 1.29 is 0 Å². The summed E-state index contributed by atoms with van der Waals surface area (Å²) >= 11 is 0. The van der Waals surface area contributed by atoms with Crippen molar-refractivity contribution >= 4 is 11.5 Å². The van der Waals surface area contributed by atoms with Crippen molar-refractivity contribution in [3.8, 4) is 0 Å². The molecule has 0 N–H and O–H groups in total. The lowest BCUT2D eigenvalue weighted by molar-refractivity contribution is 0.562. The molecule has 1 fully saturated rings. The molecule has 4 rings (SSSR count). The smallest absolute Gasteiger partial charge is 0.181 e. The molecule has 0 saturated carbocycles. The summed E-state index contributed by atoms with van der Waals surface area (Å²) in [4.78, 5) is 2.48. The number of piperidine rings is 1.